The maximum absolute atomic E-state index is 13.1. The van der Waals surface area contributed by atoms with E-state index in [-0.39, 0.29) is 15.8 Å². The topological polar surface area (TPSA) is 83.5 Å². The number of fused-ring (bicyclic) bond motifs is 1. The summed E-state index contributed by atoms with van der Waals surface area (Å²) in [5, 5.41) is 12.9. The number of rotatable bonds is 3. The smallest absolute Gasteiger partial charge is 0.340 e. The molecule has 1 aromatic carbocycles. The minimum Gasteiger partial charge on any atom is -0.479 e. The maximum atomic E-state index is 13.1. The van der Waals surface area contributed by atoms with E-state index < -0.39 is 26.6 Å². The summed E-state index contributed by atoms with van der Waals surface area (Å²) >= 11 is 5.89. The average Bonchev–Trinajstić information content (AvgIpc) is 2.88. The van der Waals surface area contributed by atoms with Gasteiger partial charge in [0.2, 0.25) is 14.7 Å². The van der Waals surface area contributed by atoms with Crippen molar-refractivity contribution in [3.05, 3.63) is 29.3 Å². The highest BCUT2D eigenvalue weighted by Crippen LogP contribution is 2.46. The summed E-state index contributed by atoms with van der Waals surface area (Å²) < 4.78 is 26.2. The number of carboxylic acid groups (broad SMARTS) is 1. The summed E-state index contributed by atoms with van der Waals surface area (Å²) in [5.74, 6) is -1.62. The molecule has 7 heteroatoms. The normalized spacial score (nSPS) is 31.7. The molecule has 1 heterocycles. The highest BCUT2D eigenvalue weighted by atomic mass is 35.5. The fraction of sp³-hybridized carbons (Fsp3) is 0.533. The van der Waals surface area contributed by atoms with Crippen LogP contribution in [0, 0.1) is 11.8 Å². The molecule has 2 aliphatic rings. The maximum Gasteiger partial charge on any atom is 0.340 e. The van der Waals surface area contributed by atoms with E-state index in [2.05, 4.69) is 5.32 Å². The van der Waals surface area contributed by atoms with Crippen LogP contribution in [0.4, 0.5) is 0 Å². The Morgan fingerprint density at radius 2 is 2.05 bits per heavy atom. The first-order valence-corrected chi connectivity index (χ1v) is 9.24. The van der Waals surface area contributed by atoms with Crippen LogP contribution < -0.4 is 5.32 Å². The lowest BCUT2D eigenvalue weighted by Crippen LogP contribution is -2.58. The third kappa shape index (κ3) is 2.16. The van der Waals surface area contributed by atoms with Crippen LogP contribution in [0.5, 0.6) is 0 Å². The predicted octanol–water partition coefficient (Wildman–Crippen LogP) is 2.30. The largest absolute Gasteiger partial charge is 0.479 e. The first-order chi connectivity index (χ1) is 10.4. The molecule has 0 aromatic heterocycles. The van der Waals surface area contributed by atoms with Crippen molar-refractivity contribution in [2.24, 2.45) is 11.8 Å². The first-order valence-electron chi connectivity index (χ1n) is 7.38. The summed E-state index contributed by atoms with van der Waals surface area (Å²) in [5.41, 5.74) is 0. The Balaban J connectivity index is 2.14. The molecule has 0 amide bonds. The third-order valence-corrected chi connectivity index (χ3v) is 7.49. The van der Waals surface area contributed by atoms with Gasteiger partial charge >= 0.3 is 5.97 Å². The molecule has 1 saturated carbocycles. The molecule has 3 rings (SSSR count). The third-order valence-electron chi connectivity index (χ3n) is 4.91. The van der Waals surface area contributed by atoms with Gasteiger partial charge in [-0.25, -0.2) is 13.2 Å². The number of benzene rings is 1. The van der Waals surface area contributed by atoms with Crippen molar-refractivity contribution in [2.45, 2.75) is 35.4 Å². The molecule has 0 bridgehead atoms. The van der Waals surface area contributed by atoms with Gasteiger partial charge in [-0.3, -0.25) is 5.32 Å². The molecule has 3 atom stereocenters. The van der Waals surface area contributed by atoms with Gasteiger partial charge in [0.15, 0.2) is 0 Å². The van der Waals surface area contributed by atoms with Crippen LogP contribution >= 0.6 is 11.6 Å². The van der Waals surface area contributed by atoms with Crippen molar-refractivity contribution in [3.63, 3.8) is 0 Å². The van der Waals surface area contributed by atoms with Crippen molar-refractivity contribution < 1.29 is 18.3 Å². The van der Waals surface area contributed by atoms with E-state index in [0.29, 0.717) is 13.0 Å². The standard InChI is InChI=1S/C15H18ClNO4S/c16-11-5-3-6-12(8-11)22(20,21)15(14(18)19)13-7-2-1-4-10(13)9-17-15/h3,5-6,8,10,13,17H,1-2,4,7,9H2,(H,18,19). The number of hydrogen-bond acceptors (Lipinski definition) is 4. The molecule has 0 radical (unpaired) electrons. The van der Waals surface area contributed by atoms with E-state index in [1.807, 2.05) is 0 Å². The number of halogens is 1. The molecule has 120 valence electrons. The van der Waals surface area contributed by atoms with E-state index in [4.69, 9.17) is 11.6 Å². The Kier molecular flexibility index (Phi) is 3.95. The van der Waals surface area contributed by atoms with Gasteiger partial charge < -0.3 is 5.11 Å². The summed E-state index contributed by atoms with van der Waals surface area (Å²) in [6.07, 6.45) is 3.38. The van der Waals surface area contributed by atoms with Gasteiger partial charge in [-0.2, -0.15) is 0 Å². The van der Waals surface area contributed by atoms with Gasteiger partial charge in [0.25, 0.3) is 0 Å². The monoisotopic (exact) mass is 343 g/mol. The summed E-state index contributed by atoms with van der Waals surface area (Å²) in [4.78, 5) is 10.0. The van der Waals surface area contributed by atoms with E-state index in [0.717, 1.165) is 19.3 Å². The van der Waals surface area contributed by atoms with Crippen LogP contribution in [-0.4, -0.2) is 30.9 Å². The Hall–Kier alpha value is -1.11. The van der Waals surface area contributed by atoms with Crippen molar-refractivity contribution >= 4 is 27.4 Å². The number of sulfone groups is 1. The first kappa shape index (κ1) is 15.8. The molecule has 1 aliphatic heterocycles. The zero-order chi connectivity index (χ0) is 16.0. The lowest BCUT2D eigenvalue weighted by molar-refractivity contribution is -0.142. The molecule has 2 fully saturated rings. The molecule has 3 unspecified atom stereocenters. The molecule has 1 aliphatic carbocycles. The van der Waals surface area contributed by atoms with Crippen LogP contribution in [0.1, 0.15) is 25.7 Å². The lowest BCUT2D eigenvalue weighted by Gasteiger charge is -2.35. The van der Waals surface area contributed by atoms with Gasteiger partial charge in [0.05, 0.1) is 4.90 Å². The highest BCUT2D eigenvalue weighted by Gasteiger charge is 2.62. The summed E-state index contributed by atoms with van der Waals surface area (Å²) in [6.45, 7) is 0.427. The average molecular weight is 344 g/mol. The van der Waals surface area contributed by atoms with Crippen molar-refractivity contribution in [1.82, 2.24) is 5.32 Å². The van der Waals surface area contributed by atoms with Crippen LogP contribution in [0.25, 0.3) is 0 Å². The van der Waals surface area contributed by atoms with Gasteiger partial charge in [0, 0.05) is 17.5 Å². The molecule has 0 spiro atoms. The van der Waals surface area contributed by atoms with Crippen LogP contribution in [-0.2, 0) is 14.6 Å². The predicted molar refractivity (Wildman–Crippen MR) is 82.5 cm³/mol. The molecule has 1 saturated heterocycles. The zero-order valence-electron chi connectivity index (χ0n) is 12.0. The quantitative estimate of drug-likeness (QED) is 0.879. The fourth-order valence-corrected chi connectivity index (χ4v) is 6.24. The molecule has 2 N–H and O–H groups in total. The molecule has 5 nitrogen and oxygen atoms in total. The Morgan fingerprint density at radius 3 is 2.73 bits per heavy atom. The number of aliphatic carboxylic acids is 1. The summed E-state index contributed by atoms with van der Waals surface area (Å²) in [6, 6.07) is 5.82. The minimum atomic E-state index is -4.09. The Labute approximate surface area is 134 Å². The second-order valence-corrected chi connectivity index (χ2v) is 8.59. The highest BCUT2D eigenvalue weighted by molar-refractivity contribution is 7.93. The van der Waals surface area contributed by atoms with Crippen LogP contribution in [0.3, 0.4) is 0 Å². The van der Waals surface area contributed by atoms with Crippen molar-refractivity contribution in [1.29, 1.82) is 0 Å². The van der Waals surface area contributed by atoms with E-state index in [9.17, 15) is 18.3 Å². The molecule has 1 aromatic rings. The van der Waals surface area contributed by atoms with Crippen molar-refractivity contribution in [3.8, 4) is 0 Å². The minimum absolute atomic E-state index is 0.0406. The van der Waals surface area contributed by atoms with Gasteiger partial charge in [-0.1, -0.05) is 30.5 Å². The number of nitrogens with one attached hydrogen (secondary N) is 1. The van der Waals surface area contributed by atoms with Gasteiger partial charge in [0.1, 0.15) is 0 Å². The molecule has 22 heavy (non-hydrogen) atoms. The summed E-state index contributed by atoms with van der Waals surface area (Å²) in [7, 11) is -4.09. The van der Waals surface area contributed by atoms with Gasteiger partial charge in [-0.15, -0.1) is 0 Å². The second kappa shape index (κ2) is 5.51. The Morgan fingerprint density at radius 1 is 1.32 bits per heavy atom. The van der Waals surface area contributed by atoms with Crippen LogP contribution in [0.15, 0.2) is 29.2 Å². The van der Waals surface area contributed by atoms with E-state index in [1.165, 1.54) is 18.2 Å². The van der Waals surface area contributed by atoms with E-state index >= 15 is 0 Å². The zero-order valence-corrected chi connectivity index (χ0v) is 13.5. The number of hydrogen-bond donors (Lipinski definition) is 2. The Bertz CT molecular complexity index is 705. The number of carboxylic acids is 1. The molecular formula is C15H18ClNO4S. The van der Waals surface area contributed by atoms with Crippen LogP contribution in [0.2, 0.25) is 5.02 Å². The van der Waals surface area contributed by atoms with Gasteiger partial charge in [-0.05, 0) is 37.0 Å². The SMILES string of the molecule is O=C(O)C1(S(=O)(=O)c2cccc(Cl)c2)NCC2CCCCC21. The molecular weight excluding hydrogens is 326 g/mol. The van der Waals surface area contributed by atoms with Crippen molar-refractivity contribution in [2.75, 3.05) is 6.54 Å². The number of carbonyl (C=O) groups is 1. The second-order valence-electron chi connectivity index (χ2n) is 6.03. The fourth-order valence-electron chi connectivity index (χ4n) is 3.86. The van der Waals surface area contributed by atoms with E-state index in [1.54, 1.807) is 6.07 Å². The lowest BCUT2D eigenvalue weighted by atomic mass is 9.78.